The maximum Gasteiger partial charge on any atom is 0.259 e. The zero-order valence-corrected chi connectivity index (χ0v) is 13.7. The fourth-order valence-electron chi connectivity index (χ4n) is 2.30. The molecule has 0 radical (unpaired) electrons. The van der Waals surface area contributed by atoms with E-state index in [4.69, 9.17) is 4.52 Å². The van der Waals surface area contributed by atoms with Crippen LogP contribution in [0.4, 0.5) is 0 Å². The monoisotopic (exact) mass is 321 g/mol. The summed E-state index contributed by atoms with van der Waals surface area (Å²) in [6.07, 6.45) is 0. The minimum absolute atomic E-state index is 0.140. The molecule has 3 rings (SSSR count). The van der Waals surface area contributed by atoms with Crippen LogP contribution in [0.25, 0.3) is 22.8 Å². The van der Waals surface area contributed by atoms with Crippen LogP contribution in [0.5, 0.6) is 0 Å². The summed E-state index contributed by atoms with van der Waals surface area (Å²) in [6.45, 7) is 4.72. The van der Waals surface area contributed by atoms with E-state index in [2.05, 4.69) is 29.3 Å². The molecule has 0 aliphatic heterocycles. The zero-order chi connectivity index (χ0) is 16.9. The lowest BCUT2D eigenvalue weighted by atomic mass is 10.1. The summed E-state index contributed by atoms with van der Waals surface area (Å²) in [5.41, 5.74) is 2.03. The van der Waals surface area contributed by atoms with Crippen molar-refractivity contribution in [2.75, 3.05) is 6.54 Å². The molecule has 1 amide bonds. The van der Waals surface area contributed by atoms with Gasteiger partial charge < -0.3 is 9.84 Å². The van der Waals surface area contributed by atoms with Gasteiger partial charge in [0.05, 0.1) is 11.1 Å². The second-order valence-electron chi connectivity index (χ2n) is 5.94. The molecule has 1 aromatic heterocycles. The molecule has 1 N–H and O–H groups in total. The first-order chi connectivity index (χ1) is 11.6. The summed E-state index contributed by atoms with van der Waals surface area (Å²) in [7, 11) is 0. The Morgan fingerprint density at radius 2 is 1.79 bits per heavy atom. The van der Waals surface area contributed by atoms with E-state index in [0.29, 0.717) is 35.3 Å². The maximum absolute atomic E-state index is 12.4. The summed E-state index contributed by atoms with van der Waals surface area (Å²) in [5.74, 6) is 1.08. The Morgan fingerprint density at radius 1 is 1.08 bits per heavy atom. The molecule has 0 bridgehead atoms. The van der Waals surface area contributed by atoms with Gasteiger partial charge in [0.25, 0.3) is 11.8 Å². The van der Waals surface area contributed by atoms with Crippen LogP contribution in [0.3, 0.4) is 0 Å². The molecule has 5 nitrogen and oxygen atoms in total. The number of aromatic nitrogens is 2. The molecule has 24 heavy (non-hydrogen) atoms. The van der Waals surface area contributed by atoms with E-state index in [1.807, 2.05) is 48.5 Å². The van der Waals surface area contributed by atoms with Gasteiger partial charge >= 0.3 is 0 Å². The number of amides is 1. The number of carbonyl (C=O) groups excluding carboxylic acids is 1. The first-order valence-corrected chi connectivity index (χ1v) is 7.92. The van der Waals surface area contributed by atoms with Crippen molar-refractivity contribution in [1.29, 1.82) is 0 Å². The highest BCUT2D eigenvalue weighted by Crippen LogP contribution is 2.25. The summed E-state index contributed by atoms with van der Waals surface area (Å²) in [6, 6.07) is 16.8. The lowest BCUT2D eigenvalue weighted by Crippen LogP contribution is -2.27. The normalized spacial score (nSPS) is 10.8. The highest BCUT2D eigenvalue weighted by molar-refractivity contribution is 6.00. The third-order valence-corrected chi connectivity index (χ3v) is 3.53. The third-order valence-electron chi connectivity index (χ3n) is 3.53. The SMILES string of the molecule is CC(C)CNC(=O)c1ccccc1-c1nc(-c2ccccc2)no1. The molecule has 2 aromatic carbocycles. The Kier molecular flexibility index (Phi) is 4.70. The number of hydrogen-bond donors (Lipinski definition) is 1. The van der Waals surface area contributed by atoms with Gasteiger partial charge in [0.1, 0.15) is 0 Å². The number of carbonyl (C=O) groups is 1. The third kappa shape index (κ3) is 3.51. The Hall–Kier alpha value is -2.95. The Morgan fingerprint density at radius 3 is 2.54 bits per heavy atom. The Labute approximate surface area is 140 Å². The summed E-state index contributed by atoms with van der Waals surface area (Å²) in [4.78, 5) is 16.9. The molecule has 1 heterocycles. The Bertz CT molecular complexity index is 825. The van der Waals surface area contributed by atoms with Crippen molar-refractivity contribution >= 4 is 5.91 Å². The van der Waals surface area contributed by atoms with Crippen molar-refractivity contribution in [3.05, 3.63) is 60.2 Å². The summed E-state index contributed by atoms with van der Waals surface area (Å²) in [5, 5.41) is 6.94. The largest absolute Gasteiger partial charge is 0.352 e. The van der Waals surface area contributed by atoms with Gasteiger partial charge in [0.15, 0.2) is 0 Å². The van der Waals surface area contributed by atoms with Gasteiger partial charge in [-0.3, -0.25) is 4.79 Å². The van der Waals surface area contributed by atoms with E-state index in [1.54, 1.807) is 6.07 Å². The Balaban J connectivity index is 1.90. The van der Waals surface area contributed by atoms with Crippen LogP contribution in [-0.2, 0) is 0 Å². The fraction of sp³-hybridized carbons (Fsp3) is 0.211. The number of nitrogens with zero attached hydrogens (tertiary/aromatic N) is 2. The van der Waals surface area contributed by atoms with Gasteiger partial charge in [0, 0.05) is 12.1 Å². The van der Waals surface area contributed by atoms with Crippen LogP contribution < -0.4 is 5.32 Å². The molecule has 122 valence electrons. The van der Waals surface area contributed by atoms with Gasteiger partial charge in [-0.25, -0.2) is 0 Å². The van der Waals surface area contributed by atoms with Crippen LogP contribution in [-0.4, -0.2) is 22.6 Å². The molecule has 0 atom stereocenters. The van der Waals surface area contributed by atoms with E-state index in [1.165, 1.54) is 0 Å². The number of benzene rings is 2. The fourth-order valence-corrected chi connectivity index (χ4v) is 2.30. The van der Waals surface area contributed by atoms with E-state index in [-0.39, 0.29) is 5.91 Å². The maximum atomic E-state index is 12.4. The lowest BCUT2D eigenvalue weighted by Gasteiger charge is -2.09. The van der Waals surface area contributed by atoms with Crippen molar-refractivity contribution < 1.29 is 9.32 Å². The van der Waals surface area contributed by atoms with Crippen LogP contribution in [0.15, 0.2) is 59.1 Å². The first-order valence-electron chi connectivity index (χ1n) is 7.92. The molecule has 0 saturated heterocycles. The highest BCUT2D eigenvalue weighted by Gasteiger charge is 2.17. The average Bonchev–Trinajstić information content (AvgIpc) is 3.10. The topological polar surface area (TPSA) is 68.0 Å². The molecule has 0 saturated carbocycles. The molecule has 0 aliphatic carbocycles. The second kappa shape index (κ2) is 7.08. The average molecular weight is 321 g/mol. The van der Waals surface area contributed by atoms with Crippen molar-refractivity contribution in [2.24, 2.45) is 5.92 Å². The molecule has 0 aliphatic rings. The van der Waals surface area contributed by atoms with Gasteiger partial charge in [-0.15, -0.1) is 0 Å². The number of rotatable bonds is 5. The zero-order valence-electron chi connectivity index (χ0n) is 13.7. The molecule has 0 spiro atoms. The van der Waals surface area contributed by atoms with Gasteiger partial charge in [-0.2, -0.15) is 4.98 Å². The van der Waals surface area contributed by atoms with Gasteiger partial charge in [0.2, 0.25) is 5.82 Å². The minimum atomic E-state index is -0.140. The molecular weight excluding hydrogens is 302 g/mol. The number of hydrogen-bond acceptors (Lipinski definition) is 4. The summed E-state index contributed by atoms with van der Waals surface area (Å²) < 4.78 is 5.38. The van der Waals surface area contributed by atoms with Crippen LogP contribution >= 0.6 is 0 Å². The molecular formula is C19H19N3O2. The van der Waals surface area contributed by atoms with Crippen LogP contribution in [0.1, 0.15) is 24.2 Å². The molecule has 5 heteroatoms. The van der Waals surface area contributed by atoms with E-state index in [9.17, 15) is 4.79 Å². The van der Waals surface area contributed by atoms with Gasteiger partial charge in [-0.05, 0) is 18.1 Å². The van der Waals surface area contributed by atoms with Crippen molar-refractivity contribution in [3.63, 3.8) is 0 Å². The van der Waals surface area contributed by atoms with Gasteiger partial charge in [-0.1, -0.05) is 61.5 Å². The van der Waals surface area contributed by atoms with Crippen LogP contribution in [0.2, 0.25) is 0 Å². The van der Waals surface area contributed by atoms with Crippen LogP contribution in [0, 0.1) is 5.92 Å². The quantitative estimate of drug-likeness (QED) is 0.776. The predicted octanol–water partition coefficient (Wildman–Crippen LogP) is 3.79. The molecule has 0 fully saturated rings. The molecule has 0 unspecified atom stereocenters. The van der Waals surface area contributed by atoms with E-state index < -0.39 is 0 Å². The second-order valence-corrected chi connectivity index (χ2v) is 5.94. The van der Waals surface area contributed by atoms with Crippen molar-refractivity contribution in [1.82, 2.24) is 15.5 Å². The smallest absolute Gasteiger partial charge is 0.259 e. The van der Waals surface area contributed by atoms with Crippen molar-refractivity contribution in [2.45, 2.75) is 13.8 Å². The number of nitrogens with one attached hydrogen (secondary N) is 1. The lowest BCUT2D eigenvalue weighted by molar-refractivity contribution is 0.0949. The van der Waals surface area contributed by atoms with E-state index in [0.717, 1.165) is 5.56 Å². The standard InChI is InChI=1S/C19H19N3O2/c1-13(2)12-20-18(23)15-10-6-7-11-16(15)19-21-17(22-24-19)14-8-4-3-5-9-14/h3-11,13H,12H2,1-2H3,(H,20,23). The first kappa shape index (κ1) is 15.9. The highest BCUT2D eigenvalue weighted by atomic mass is 16.5. The predicted molar refractivity (Wildman–Crippen MR) is 92.3 cm³/mol. The minimum Gasteiger partial charge on any atom is -0.352 e. The summed E-state index contributed by atoms with van der Waals surface area (Å²) >= 11 is 0. The molecule has 3 aromatic rings. The van der Waals surface area contributed by atoms with Crippen molar-refractivity contribution in [3.8, 4) is 22.8 Å². The van der Waals surface area contributed by atoms with E-state index >= 15 is 0 Å².